The highest BCUT2D eigenvalue weighted by atomic mass is 19.1. The Hall–Kier alpha value is -1.75. The van der Waals surface area contributed by atoms with Gasteiger partial charge in [0.1, 0.15) is 5.82 Å². The molecule has 5 heteroatoms. The molecule has 0 radical (unpaired) electrons. The minimum Gasteiger partial charge on any atom is -0.326 e. The standard InChI is InChI=1S/C16H19FN2O2/c17-13-7-11(9-18)3-4-12(13)10-19-14(20)8-16(15(19)21)5-1-2-6-16/h3-4,7H,1-2,5-6,8-10,18H2. The van der Waals surface area contributed by atoms with Crippen LogP contribution in [0.25, 0.3) is 0 Å². The normalized spacial score (nSPS) is 20.8. The number of carbonyl (C=O) groups excluding carboxylic acids is 2. The maximum absolute atomic E-state index is 14.0. The van der Waals surface area contributed by atoms with Crippen LogP contribution in [0.3, 0.4) is 0 Å². The molecule has 1 saturated heterocycles. The molecule has 1 aliphatic heterocycles. The van der Waals surface area contributed by atoms with Crippen LogP contribution in [0.2, 0.25) is 0 Å². The summed E-state index contributed by atoms with van der Waals surface area (Å²) in [7, 11) is 0. The number of nitrogens with zero attached hydrogens (tertiary/aromatic N) is 1. The van der Waals surface area contributed by atoms with Crippen LogP contribution in [-0.4, -0.2) is 16.7 Å². The van der Waals surface area contributed by atoms with Crippen molar-refractivity contribution >= 4 is 11.8 Å². The fourth-order valence-corrected chi connectivity index (χ4v) is 3.48. The Balaban J connectivity index is 1.82. The van der Waals surface area contributed by atoms with Crippen molar-refractivity contribution < 1.29 is 14.0 Å². The van der Waals surface area contributed by atoms with Gasteiger partial charge in [0.25, 0.3) is 0 Å². The molecule has 0 bridgehead atoms. The first-order valence-electron chi connectivity index (χ1n) is 7.38. The fourth-order valence-electron chi connectivity index (χ4n) is 3.48. The molecule has 21 heavy (non-hydrogen) atoms. The van der Waals surface area contributed by atoms with Gasteiger partial charge in [0.05, 0.1) is 12.0 Å². The summed E-state index contributed by atoms with van der Waals surface area (Å²) in [4.78, 5) is 25.9. The number of halogens is 1. The lowest BCUT2D eigenvalue weighted by Gasteiger charge is -2.21. The third kappa shape index (κ3) is 2.35. The molecule has 1 aliphatic carbocycles. The van der Waals surface area contributed by atoms with Crippen LogP contribution in [0.1, 0.15) is 43.2 Å². The van der Waals surface area contributed by atoms with Gasteiger partial charge in [0, 0.05) is 18.5 Å². The average molecular weight is 290 g/mol. The summed E-state index contributed by atoms with van der Waals surface area (Å²) in [6.45, 7) is 0.290. The summed E-state index contributed by atoms with van der Waals surface area (Å²) >= 11 is 0. The Morgan fingerprint density at radius 1 is 1.24 bits per heavy atom. The van der Waals surface area contributed by atoms with Crippen molar-refractivity contribution in [2.45, 2.75) is 45.2 Å². The summed E-state index contributed by atoms with van der Waals surface area (Å²) in [5, 5.41) is 0. The van der Waals surface area contributed by atoms with Gasteiger partial charge in [-0.05, 0) is 24.5 Å². The van der Waals surface area contributed by atoms with Crippen molar-refractivity contribution in [3.8, 4) is 0 Å². The minimum absolute atomic E-state index is 0.0239. The minimum atomic E-state index is -0.495. The summed E-state index contributed by atoms with van der Waals surface area (Å²) in [5.74, 6) is -0.706. The number of imide groups is 1. The average Bonchev–Trinajstić information content (AvgIpc) is 3.02. The first-order chi connectivity index (χ1) is 10.1. The summed E-state index contributed by atoms with van der Waals surface area (Å²) in [6.07, 6.45) is 3.83. The smallest absolute Gasteiger partial charge is 0.236 e. The number of hydrogen-bond donors (Lipinski definition) is 1. The Morgan fingerprint density at radius 3 is 2.57 bits per heavy atom. The number of hydrogen-bond acceptors (Lipinski definition) is 3. The molecule has 1 aromatic carbocycles. The Kier molecular flexibility index (Phi) is 3.53. The van der Waals surface area contributed by atoms with Crippen molar-refractivity contribution in [2.24, 2.45) is 11.1 Å². The molecule has 3 rings (SSSR count). The molecule has 2 amide bonds. The zero-order valence-corrected chi connectivity index (χ0v) is 11.9. The molecule has 1 saturated carbocycles. The van der Waals surface area contributed by atoms with Crippen LogP contribution in [0.4, 0.5) is 4.39 Å². The van der Waals surface area contributed by atoms with Gasteiger partial charge in [0.2, 0.25) is 11.8 Å². The first kappa shape index (κ1) is 14.2. The number of rotatable bonds is 3. The Bertz CT molecular complexity index is 594. The topological polar surface area (TPSA) is 63.4 Å². The molecule has 1 heterocycles. The Morgan fingerprint density at radius 2 is 1.95 bits per heavy atom. The fraction of sp³-hybridized carbons (Fsp3) is 0.500. The van der Waals surface area contributed by atoms with Gasteiger partial charge in [0.15, 0.2) is 0 Å². The van der Waals surface area contributed by atoms with Crippen molar-refractivity contribution in [3.63, 3.8) is 0 Å². The predicted octanol–water partition coefficient (Wildman–Crippen LogP) is 2.10. The first-order valence-corrected chi connectivity index (χ1v) is 7.38. The molecular formula is C16H19FN2O2. The summed E-state index contributed by atoms with van der Waals surface area (Å²) < 4.78 is 14.0. The van der Waals surface area contributed by atoms with Gasteiger partial charge in [-0.25, -0.2) is 4.39 Å². The van der Waals surface area contributed by atoms with Crippen LogP contribution in [0, 0.1) is 11.2 Å². The second kappa shape index (κ2) is 5.22. The molecule has 1 aromatic rings. The molecule has 0 atom stereocenters. The maximum atomic E-state index is 14.0. The third-order valence-corrected chi connectivity index (χ3v) is 4.73. The van der Waals surface area contributed by atoms with E-state index in [9.17, 15) is 14.0 Å². The van der Waals surface area contributed by atoms with Gasteiger partial charge in [-0.15, -0.1) is 0 Å². The lowest BCUT2D eigenvalue weighted by atomic mass is 9.84. The van der Waals surface area contributed by atoms with E-state index in [1.807, 2.05) is 0 Å². The van der Waals surface area contributed by atoms with Crippen LogP contribution < -0.4 is 5.73 Å². The maximum Gasteiger partial charge on any atom is 0.236 e. The largest absolute Gasteiger partial charge is 0.326 e. The molecule has 112 valence electrons. The van der Waals surface area contributed by atoms with E-state index in [2.05, 4.69) is 0 Å². The summed E-state index contributed by atoms with van der Waals surface area (Å²) in [6, 6.07) is 4.71. The van der Waals surface area contributed by atoms with E-state index in [-0.39, 0.29) is 31.3 Å². The SMILES string of the molecule is NCc1ccc(CN2C(=O)CC3(CCCC3)C2=O)c(F)c1. The number of amides is 2. The molecule has 2 aliphatic rings. The quantitative estimate of drug-likeness (QED) is 0.867. The van der Waals surface area contributed by atoms with E-state index in [1.54, 1.807) is 12.1 Å². The van der Waals surface area contributed by atoms with Gasteiger partial charge in [-0.3, -0.25) is 14.5 Å². The van der Waals surface area contributed by atoms with E-state index < -0.39 is 11.2 Å². The number of nitrogens with two attached hydrogens (primary N) is 1. The Labute approximate surface area is 123 Å². The van der Waals surface area contributed by atoms with E-state index in [0.717, 1.165) is 25.7 Å². The highest BCUT2D eigenvalue weighted by Gasteiger charge is 2.52. The second-order valence-corrected chi connectivity index (χ2v) is 6.08. The van der Waals surface area contributed by atoms with Crippen LogP contribution in [-0.2, 0) is 22.7 Å². The lowest BCUT2D eigenvalue weighted by Crippen LogP contribution is -2.34. The molecule has 1 spiro atoms. The second-order valence-electron chi connectivity index (χ2n) is 6.08. The van der Waals surface area contributed by atoms with Gasteiger partial charge in [-0.1, -0.05) is 25.0 Å². The number of carbonyl (C=O) groups is 2. The zero-order chi connectivity index (χ0) is 15.0. The monoisotopic (exact) mass is 290 g/mol. The van der Waals surface area contributed by atoms with Crippen molar-refractivity contribution in [3.05, 3.63) is 35.1 Å². The van der Waals surface area contributed by atoms with Gasteiger partial charge in [-0.2, -0.15) is 0 Å². The van der Waals surface area contributed by atoms with Crippen LogP contribution in [0.15, 0.2) is 18.2 Å². The predicted molar refractivity (Wildman–Crippen MR) is 75.4 cm³/mol. The van der Waals surface area contributed by atoms with E-state index in [4.69, 9.17) is 5.73 Å². The van der Waals surface area contributed by atoms with Gasteiger partial charge < -0.3 is 5.73 Å². The molecule has 2 fully saturated rings. The molecule has 2 N–H and O–H groups in total. The van der Waals surface area contributed by atoms with Crippen molar-refractivity contribution in [1.82, 2.24) is 4.90 Å². The van der Waals surface area contributed by atoms with Crippen molar-refractivity contribution in [1.29, 1.82) is 0 Å². The van der Waals surface area contributed by atoms with Crippen molar-refractivity contribution in [2.75, 3.05) is 0 Å². The van der Waals surface area contributed by atoms with Crippen LogP contribution >= 0.6 is 0 Å². The van der Waals surface area contributed by atoms with E-state index in [1.165, 1.54) is 11.0 Å². The summed E-state index contributed by atoms with van der Waals surface area (Å²) in [5.41, 5.74) is 6.04. The highest BCUT2D eigenvalue weighted by molar-refractivity contribution is 6.05. The van der Waals surface area contributed by atoms with E-state index in [0.29, 0.717) is 11.1 Å². The highest BCUT2D eigenvalue weighted by Crippen LogP contribution is 2.47. The molecule has 4 nitrogen and oxygen atoms in total. The number of benzene rings is 1. The van der Waals surface area contributed by atoms with Gasteiger partial charge >= 0.3 is 0 Å². The van der Waals surface area contributed by atoms with Crippen LogP contribution in [0.5, 0.6) is 0 Å². The molecule has 0 unspecified atom stereocenters. The molecular weight excluding hydrogens is 271 g/mol. The third-order valence-electron chi connectivity index (χ3n) is 4.73. The number of likely N-dealkylation sites (tertiary alicyclic amines) is 1. The zero-order valence-electron chi connectivity index (χ0n) is 11.9. The van der Waals surface area contributed by atoms with E-state index >= 15 is 0 Å². The molecule has 0 aromatic heterocycles. The lowest BCUT2D eigenvalue weighted by molar-refractivity contribution is -0.142.